The molecule has 112 valence electrons. The van der Waals surface area contributed by atoms with Crippen molar-refractivity contribution in [2.75, 3.05) is 18.0 Å². The summed E-state index contributed by atoms with van der Waals surface area (Å²) in [6.45, 7) is 1.87. The van der Waals surface area contributed by atoms with E-state index in [1.54, 1.807) is 12.4 Å². The van der Waals surface area contributed by atoms with Gasteiger partial charge in [0.15, 0.2) is 0 Å². The topological polar surface area (TPSA) is 72.8 Å². The van der Waals surface area contributed by atoms with Gasteiger partial charge in [-0.25, -0.2) is 0 Å². The van der Waals surface area contributed by atoms with Crippen molar-refractivity contribution in [3.8, 4) is 6.07 Å². The van der Waals surface area contributed by atoms with Crippen molar-refractivity contribution in [1.82, 2.24) is 9.97 Å². The van der Waals surface area contributed by atoms with Crippen molar-refractivity contribution in [2.45, 2.75) is 32.1 Å². The molecular formula is C17H18N4O. The van der Waals surface area contributed by atoms with Crippen LogP contribution in [0.15, 0.2) is 23.3 Å². The van der Waals surface area contributed by atoms with Gasteiger partial charge in [-0.15, -0.1) is 0 Å². The first-order valence-corrected chi connectivity index (χ1v) is 7.88. The number of nitrogens with zero attached hydrogens (tertiary/aromatic N) is 3. The van der Waals surface area contributed by atoms with Crippen molar-refractivity contribution in [3.63, 3.8) is 0 Å². The monoisotopic (exact) mass is 294 g/mol. The molecule has 1 aliphatic heterocycles. The van der Waals surface area contributed by atoms with Crippen LogP contribution < -0.4 is 10.5 Å². The van der Waals surface area contributed by atoms with Crippen molar-refractivity contribution in [3.05, 3.63) is 34.4 Å². The van der Waals surface area contributed by atoms with Gasteiger partial charge >= 0.3 is 0 Å². The summed E-state index contributed by atoms with van der Waals surface area (Å²) in [7, 11) is 0. The van der Waals surface area contributed by atoms with Crippen molar-refractivity contribution >= 4 is 16.6 Å². The maximum atomic E-state index is 12.2. The summed E-state index contributed by atoms with van der Waals surface area (Å²) in [6, 6.07) is 4.00. The average molecular weight is 294 g/mol. The van der Waals surface area contributed by atoms with Crippen LogP contribution in [0.4, 0.5) is 5.69 Å². The smallest absolute Gasteiger partial charge is 0.268 e. The summed E-state index contributed by atoms with van der Waals surface area (Å²) in [5, 5.41) is 10.4. The van der Waals surface area contributed by atoms with Gasteiger partial charge in [-0.2, -0.15) is 5.26 Å². The molecule has 2 aromatic rings. The van der Waals surface area contributed by atoms with E-state index < -0.39 is 0 Å². The molecule has 0 atom stereocenters. The van der Waals surface area contributed by atoms with E-state index in [2.05, 4.69) is 20.9 Å². The van der Waals surface area contributed by atoms with E-state index in [9.17, 15) is 10.1 Å². The highest BCUT2D eigenvalue weighted by atomic mass is 16.1. The zero-order chi connectivity index (χ0) is 15.2. The van der Waals surface area contributed by atoms with Crippen molar-refractivity contribution < 1.29 is 0 Å². The summed E-state index contributed by atoms with van der Waals surface area (Å²) in [5.74, 6) is 0. The van der Waals surface area contributed by atoms with Gasteiger partial charge in [0.1, 0.15) is 11.6 Å². The number of H-pyrrole nitrogens is 1. The lowest BCUT2D eigenvalue weighted by molar-refractivity contribution is 0.108. The van der Waals surface area contributed by atoms with Crippen molar-refractivity contribution in [2.24, 2.45) is 5.41 Å². The lowest BCUT2D eigenvalue weighted by Crippen LogP contribution is -2.47. The van der Waals surface area contributed by atoms with Crippen molar-refractivity contribution in [1.29, 1.82) is 5.26 Å². The number of pyridine rings is 2. The molecule has 0 aromatic carbocycles. The number of nitriles is 1. The molecule has 1 aliphatic carbocycles. The number of hydrogen-bond donors (Lipinski definition) is 1. The molecule has 5 heteroatoms. The van der Waals surface area contributed by atoms with Crippen LogP contribution in [-0.2, 0) is 0 Å². The van der Waals surface area contributed by atoms with Gasteiger partial charge in [0, 0.05) is 24.7 Å². The molecule has 0 amide bonds. The van der Waals surface area contributed by atoms with Gasteiger partial charge in [-0.05, 0) is 37.2 Å². The van der Waals surface area contributed by atoms with E-state index >= 15 is 0 Å². The quantitative estimate of drug-likeness (QED) is 0.877. The highest BCUT2D eigenvalue weighted by Crippen LogP contribution is 2.48. The molecule has 2 aliphatic rings. The van der Waals surface area contributed by atoms with Crippen LogP contribution in [0.25, 0.3) is 10.9 Å². The second kappa shape index (κ2) is 4.84. The van der Waals surface area contributed by atoms with Gasteiger partial charge in [-0.3, -0.25) is 9.78 Å². The molecule has 1 N–H and O–H groups in total. The second-order valence-electron chi connectivity index (χ2n) is 6.59. The van der Waals surface area contributed by atoms with E-state index in [4.69, 9.17) is 0 Å². The zero-order valence-corrected chi connectivity index (χ0v) is 12.4. The molecule has 0 radical (unpaired) electrons. The fourth-order valence-corrected chi connectivity index (χ4v) is 4.04. The number of aromatic nitrogens is 2. The average Bonchev–Trinajstić information content (AvgIpc) is 2.52. The Morgan fingerprint density at radius 1 is 1.32 bits per heavy atom. The number of hydrogen-bond acceptors (Lipinski definition) is 4. The largest absolute Gasteiger partial charge is 0.369 e. The molecule has 2 fully saturated rings. The van der Waals surface area contributed by atoms with Crippen LogP contribution in [-0.4, -0.2) is 23.1 Å². The third-order valence-corrected chi connectivity index (χ3v) is 5.29. The summed E-state index contributed by atoms with van der Waals surface area (Å²) in [6.07, 6.45) is 9.62. The SMILES string of the molecule is N#Cc1c(N2CCCC3(CCC3)C2)c2ccncc2[nH]c1=O. The molecule has 22 heavy (non-hydrogen) atoms. The highest BCUT2D eigenvalue weighted by molar-refractivity contribution is 5.93. The normalized spacial score (nSPS) is 19.9. The Hall–Kier alpha value is -2.35. The number of aromatic amines is 1. The van der Waals surface area contributed by atoms with Crippen LogP contribution in [0.5, 0.6) is 0 Å². The predicted octanol–water partition coefficient (Wildman–Crippen LogP) is 2.57. The molecule has 0 bridgehead atoms. The number of rotatable bonds is 1. The first kappa shape index (κ1) is 13.3. The molecule has 0 unspecified atom stereocenters. The van der Waals surface area contributed by atoms with Crippen LogP contribution in [0.1, 0.15) is 37.7 Å². The zero-order valence-electron chi connectivity index (χ0n) is 12.4. The van der Waals surface area contributed by atoms with Gasteiger partial charge < -0.3 is 9.88 Å². The Bertz CT molecular complexity index is 829. The van der Waals surface area contributed by atoms with Gasteiger partial charge in [-0.1, -0.05) is 6.42 Å². The van der Waals surface area contributed by atoms with E-state index in [1.807, 2.05) is 6.07 Å². The molecule has 2 aromatic heterocycles. The van der Waals surface area contributed by atoms with Crippen LogP contribution in [0.2, 0.25) is 0 Å². The van der Waals surface area contributed by atoms with E-state index in [1.165, 1.54) is 25.7 Å². The van der Waals surface area contributed by atoms with E-state index in [-0.39, 0.29) is 11.1 Å². The second-order valence-corrected chi connectivity index (χ2v) is 6.59. The minimum Gasteiger partial charge on any atom is -0.369 e. The number of fused-ring (bicyclic) bond motifs is 1. The fourth-order valence-electron chi connectivity index (χ4n) is 4.04. The third kappa shape index (κ3) is 1.91. The van der Waals surface area contributed by atoms with Gasteiger partial charge in [0.05, 0.1) is 17.4 Å². The molecular weight excluding hydrogens is 276 g/mol. The number of anilines is 1. The molecule has 1 saturated heterocycles. The Morgan fingerprint density at radius 2 is 2.14 bits per heavy atom. The van der Waals surface area contributed by atoms with Gasteiger partial charge in [0.2, 0.25) is 0 Å². The maximum absolute atomic E-state index is 12.2. The molecule has 5 nitrogen and oxygen atoms in total. The lowest BCUT2D eigenvalue weighted by Gasteiger charge is -2.49. The fraction of sp³-hybridized carbons (Fsp3) is 0.471. The van der Waals surface area contributed by atoms with Crippen LogP contribution >= 0.6 is 0 Å². The summed E-state index contributed by atoms with van der Waals surface area (Å²) >= 11 is 0. The lowest BCUT2D eigenvalue weighted by atomic mass is 9.64. The Labute approximate surface area is 128 Å². The minimum absolute atomic E-state index is 0.232. The Kier molecular flexibility index (Phi) is 2.93. The van der Waals surface area contributed by atoms with E-state index in [0.29, 0.717) is 10.9 Å². The van der Waals surface area contributed by atoms with Crippen LogP contribution in [0.3, 0.4) is 0 Å². The third-order valence-electron chi connectivity index (χ3n) is 5.29. The highest BCUT2D eigenvalue weighted by Gasteiger charge is 2.41. The van der Waals surface area contributed by atoms with Gasteiger partial charge in [0.25, 0.3) is 5.56 Å². The molecule has 4 rings (SSSR count). The summed E-state index contributed by atoms with van der Waals surface area (Å²) < 4.78 is 0. The Balaban J connectivity index is 1.89. The summed E-state index contributed by atoms with van der Waals surface area (Å²) in [4.78, 5) is 21.4. The first-order valence-electron chi connectivity index (χ1n) is 7.88. The number of nitrogens with one attached hydrogen (secondary N) is 1. The standard InChI is InChI=1S/C17H18N4O/c18-9-13-15(12-3-7-19-10-14(12)20-16(13)22)21-8-2-6-17(11-21)4-1-5-17/h3,7,10H,1-2,4-6,8,11H2,(H,20,22). The first-order chi connectivity index (χ1) is 10.7. The molecule has 1 spiro atoms. The number of piperidine rings is 1. The molecule has 3 heterocycles. The Morgan fingerprint density at radius 3 is 2.86 bits per heavy atom. The van der Waals surface area contributed by atoms with Crippen LogP contribution in [0, 0.1) is 16.7 Å². The minimum atomic E-state index is -0.314. The van der Waals surface area contributed by atoms with E-state index in [0.717, 1.165) is 30.6 Å². The summed E-state index contributed by atoms with van der Waals surface area (Å²) in [5.41, 5.74) is 1.83. The molecule has 1 saturated carbocycles. The predicted molar refractivity (Wildman–Crippen MR) is 84.8 cm³/mol. The maximum Gasteiger partial charge on any atom is 0.268 e.